The van der Waals surface area contributed by atoms with E-state index < -0.39 is 0 Å². The molecule has 3 rings (SSSR count). The summed E-state index contributed by atoms with van der Waals surface area (Å²) in [5.74, 6) is 0.611. The van der Waals surface area contributed by atoms with Crippen LogP contribution in [0.3, 0.4) is 0 Å². The average Bonchev–Trinajstić information content (AvgIpc) is 3.04. The zero-order valence-corrected chi connectivity index (χ0v) is 11.3. The number of hydrogen-bond donors (Lipinski definition) is 2. The van der Waals surface area contributed by atoms with Crippen LogP contribution in [0, 0.1) is 6.92 Å². The van der Waals surface area contributed by atoms with Gasteiger partial charge in [-0.1, -0.05) is 0 Å². The van der Waals surface area contributed by atoms with E-state index in [0.29, 0.717) is 23.7 Å². The lowest BCUT2D eigenvalue weighted by atomic mass is 10.2. The molecule has 2 N–H and O–H groups in total. The lowest BCUT2D eigenvalue weighted by molar-refractivity contribution is 0.112. The van der Waals surface area contributed by atoms with Gasteiger partial charge in [-0.25, -0.2) is 9.78 Å². The number of nitrogens with zero attached hydrogens (tertiary/aromatic N) is 1. The van der Waals surface area contributed by atoms with Gasteiger partial charge in [0.25, 0.3) is 0 Å². The molecule has 2 heterocycles. The molecule has 6 nitrogen and oxygen atoms in total. The molecule has 1 aromatic carbocycles. The van der Waals surface area contributed by atoms with Gasteiger partial charge in [0.15, 0.2) is 11.5 Å². The molecule has 0 saturated carbocycles. The summed E-state index contributed by atoms with van der Waals surface area (Å²) in [6, 6.07) is 5.14. The van der Waals surface area contributed by atoms with E-state index >= 15 is 0 Å². The third-order valence-corrected chi connectivity index (χ3v) is 3.27. The number of aryl methyl sites for hydroxylation is 1. The quantitative estimate of drug-likeness (QED) is 0.902. The number of urea groups is 1. The predicted octanol–water partition coefficient (Wildman–Crippen LogP) is 2.44. The van der Waals surface area contributed by atoms with Crippen molar-refractivity contribution in [3.05, 3.63) is 24.1 Å². The van der Waals surface area contributed by atoms with Gasteiger partial charge in [-0.3, -0.25) is 0 Å². The summed E-state index contributed by atoms with van der Waals surface area (Å²) in [5, 5.41) is 5.59. The number of amides is 2. The second-order valence-electron chi connectivity index (χ2n) is 4.89. The molecule has 20 heavy (non-hydrogen) atoms. The number of anilines is 1. The average molecular weight is 275 g/mol. The molecule has 0 aliphatic carbocycles. The van der Waals surface area contributed by atoms with Crippen LogP contribution in [0.2, 0.25) is 0 Å². The molecule has 2 aromatic rings. The first-order valence-electron chi connectivity index (χ1n) is 6.74. The minimum absolute atomic E-state index is 0.140. The maximum atomic E-state index is 11.8. The summed E-state index contributed by atoms with van der Waals surface area (Å²) in [5.41, 5.74) is 2.14. The van der Waals surface area contributed by atoms with Gasteiger partial charge in [-0.2, -0.15) is 0 Å². The maximum absolute atomic E-state index is 11.8. The number of ether oxygens (including phenoxy) is 1. The Morgan fingerprint density at radius 3 is 3.20 bits per heavy atom. The first-order chi connectivity index (χ1) is 9.70. The van der Waals surface area contributed by atoms with E-state index in [1.165, 1.54) is 0 Å². The molecule has 1 aliphatic heterocycles. The SMILES string of the molecule is Cc1nc2cc(NC(=O)NC[C@H]3CCCO3)ccc2o1. The lowest BCUT2D eigenvalue weighted by Crippen LogP contribution is -2.34. The van der Waals surface area contributed by atoms with Gasteiger partial charge in [0, 0.05) is 25.8 Å². The normalized spacial score (nSPS) is 18.4. The second-order valence-corrected chi connectivity index (χ2v) is 4.89. The summed E-state index contributed by atoms with van der Waals surface area (Å²) in [6.07, 6.45) is 2.21. The molecule has 106 valence electrons. The van der Waals surface area contributed by atoms with Gasteiger partial charge >= 0.3 is 6.03 Å². The minimum atomic E-state index is -0.236. The number of oxazole rings is 1. The van der Waals surface area contributed by atoms with E-state index in [-0.39, 0.29) is 12.1 Å². The van der Waals surface area contributed by atoms with Crippen LogP contribution in [0.15, 0.2) is 22.6 Å². The van der Waals surface area contributed by atoms with Gasteiger partial charge in [0.1, 0.15) is 5.52 Å². The van der Waals surface area contributed by atoms with Crippen LogP contribution in [0.4, 0.5) is 10.5 Å². The van der Waals surface area contributed by atoms with Crippen molar-refractivity contribution in [2.45, 2.75) is 25.9 Å². The highest BCUT2D eigenvalue weighted by molar-refractivity contribution is 5.91. The zero-order valence-electron chi connectivity index (χ0n) is 11.3. The Morgan fingerprint density at radius 1 is 1.50 bits per heavy atom. The Hall–Kier alpha value is -2.08. The van der Waals surface area contributed by atoms with Crippen LogP contribution >= 0.6 is 0 Å². The van der Waals surface area contributed by atoms with Crippen LogP contribution in [-0.4, -0.2) is 30.3 Å². The summed E-state index contributed by atoms with van der Waals surface area (Å²) < 4.78 is 10.8. The maximum Gasteiger partial charge on any atom is 0.319 e. The van der Waals surface area contributed by atoms with Crippen LogP contribution in [0.5, 0.6) is 0 Å². The summed E-state index contributed by atoms with van der Waals surface area (Å²) in [7, 11) is 0. The van der Waals surface area contributed by atoms with Gasteiger partial charge in [0.2, 0.25) is 0 Å². The Balaban J connectivity index is 1.58. The van der Waals surface area contributed by atoms with Gasteiger partial charge in [0.05, 0.1) is 6.10 Å². The molecule has 0 bridgehead atoms. The third-order valence-electron chi connectivity index (χ3n) is 3.27. The van der Waals surface area contributed by atoms with Crippen LogP contribution in [0.1, 0.15) is 18.7 Å². The van der Waals surface area contributed by atoms with Crippen molar-refractivity contribution in [1.29, 1.82) is 0 Å². The fourth-order valence-corrected chi connectivity index (χ4v) is 2.31. The van der Waals surface area contributed by atoms with Crippen molar-refractivity contribution in [2.24, 2.45) is 0 Å². The Bertz CT molecular complexity index is 617. The smallest absolute Gasteiger partial charge is 0.319 e. The summed E-state index contributed by atoms with van der Waals surface area (Å²) >= 11 is 0. The molecule has 0 spiro atoms. The number of nitrogens with one attached hydrogen (secondary N) is 2. The van der Waals surface area contributed by atoms with Crippen molar-refractivity contribution in [3.8, 4) is 0 Å². The van der Waals surface area contributed by atoms with E-state index in [1.807, 2.05) is 0 Å². The predicted molar refractivity (Wildman–Crippen MR) is 74.7 cm³/mol. The number of carbonyl (C=O) groups is 1. The number of fused-ring (bicyclic) bond motifs is 1. The highest BCUT2D eigenvalue weighted by atomic mass is 16.5. The van der Waals surface area contributed by atoms with Crippen LogP contribution in [-0.2, 0) is 4.74 Å². The highest BCUT2D eigenvalue weighted by Crippen LogP contribution is 2.19. The van der Waals surface area contributed by atoms with Crippen molar-refractivity contribution < 1.29 is 13.9 Å². The van der Waals surface area contributed by atoms with Gasteiger partial charge < -0.3 is 19.8 Å². The standard InChI is InChI=1S/C14H17N3O3/c1-9-16-12-7-10(4-5-13(12)20-9)17-14(18)15-8-11-3-2-6-19-11/h4-5,7,11H,2-3,6,8H2,1H3,(H2,15,17,18)/t11-/m1/s1. The van der Waals surface area contributed by atoms with Crippen molar-refractivity contribution in [2.75, 3.05) is 18.5 Å². The summed E-state index contributed by atoms with van der Waals surface area (Å²) in [4.78, 5) is 16.0. The minimum Gasteiger partial charge on any atom is -0.441 e. The lowest BCUT2D eigenvalue weighted by Gasteiger charge is -2.11. The molecule has 1 atom stereocenters. The molecule has 6 heteroatoms. The van der Waals surface area contributed by atoms with E-state index in [0.717, 1.165) is 25.0 Å². The highest BCUT2D eigenvalue weighted by Gasteiger charge is 2.16. The second kappa shape index (κ2) is 5.50. The van der Waals surface area contributed by atoms with E-state index in [4.69, 9.17) is 9.15 Å². The van der Waals surface area contributed by atoms with Crippen LogP contribution in [0.25, 0.3) is 11.1 Å². The number of hydrogen-bond acceptors (Lipinski definition) is 4. The van der Waals surface area contributed by atoms with Crippen molar-refractivity contribution in [3.63, 3.8) is 0 Å². The molecule has 0 unspecified atom stereocenters. The molecule has 1 fully saturated rings. The largest absolute Gasteiger partial charge is 0.441 e. The summed E-state index contributed by atoms with van der Waals surface area (Å²) in [6.45, 7) is 3.12. The molecule has 2 amide bonds. The van der Waals surface area contributed by atoms with Gasteiger partial charge in [-0.05, 0) is 31.0 Å². The number of carbonyl (C=O) groups excluding carboxylic acids is 1. The topological polar surface area (TPSA) is 76.4 Å². The van der Waals surface area contributed by atoms with Crippen LogP contribution < -0.4 is 10.6 Å². The van der Waals surface area contributed by atoms with E-state index in [1.54, 1.807) is 25.1 Å². The number of rotatable bonds is 3. The fraction of sp³-hybridized carbons (Fsp3) is 0.429. The molecular formula is C14H17N3O3. The number of aromatic nitrogens is 1. The van der Waals surface area contributed by atoms with E-state index in [9.17, 15) is 4.79 Å². The van der Waals surface area contributed by atoms with Crippen molar-refractivity contribution >= 4 is 22.8 Å². The van der Waals surface area contributed by atoms with Crippen molar-refractivity contribution in [1.82, 2.24) is 10.3 Å². The molecule has 1 aliphatic rings. The first kappa shape index (κ1) is 12.9. The molecule has 1 aromatic heterocycles. The molecular weight excluding hydrogens is 258 g/mol. The zero-order chi connectivity index (χ0) is 13.9. The Morgan fingerprint density at radius 2 is 2.40 bits per heavy atom. The number of benzene rings is 1. The Labute approximate surface area is 116 Å². The van der Waals surface area contributed by atoms with E-state index in [2.05, 4.69) is 15.6 Å². The first-order valence-corrected chi connectivity index (χ1v) is 6.74. The van der Waals surface area contributed by atoms with Gasteiger partial charge in [-0.15, -0.1) is 0 Å². The monoisotopic (exact) mass is 275 g/mol. The Kier molecular flexibility index (Phi) is 3.56. The molecule has 0 radical (unpaired) electrons. The fourth-order valence-electron chi connectivity index (χ4n) is 2.31. The molecule has 1 saturated heterocycles. The third kappa shape index (κ3) is 2.91.